The molecule has 130 valence electrons. The van der Waals surface area contributed by atoms with Gasteiger partial charge in [0.05, 0.1) is 18.7 Å². The molecule has 1 heterocycles. The molecule has 1 N–H and O–H groups in total. The SMILES string of the molecule is COc1ccccc1N1CC(C(=O)Nc2cc(Cl)cc(Cl)c2)CC1=O. The monoisotopic (exact) mass is 378 g/mol. The Morgan fingerprint density at radius 1 is 1.20 bits per heavy atom. The minimum Gasteiger partial charge on any atom is -0.495 e. The number of amides is 2. The number of nitrogens with zero attached hydrogens (tertiary/aromatic N) is 1. The molecule has 0 aliphatic carbocycles. The highest BCUT2D eigenvalue weighted by Crippen LogP contribution is 2.33. The standard InChI is InChI=1S/C18H16Cl2N2O3/c1-25-16-5-3-2-4-15(16)22-10-11(6-17(22)23)18(24)21-14-8-12(19)7-13(20)9-14/h2-5,7-9,11H,6,10H2,1H3,(H,21,24). The molecule has 1 unspecified atom stereocenters. The Balaban J connectivity index is 1.74. The number of carbonyl (C=O) groups is 2. The molecule has 1 aliphatic rings. The molecule has 1 saturated heterocycles. The van der Waals surface area contributed by atoms with E-state index in [0.717, 1.165) is 0 Å². The van der Waals surface area contributed by atoms with E-state index in [4.69, 9.17) is 27.9 Å². The van der Waals surface area contributed by atoms with Gasteiger partial charge < -0.3 is 15.0 Å². The van der Waals surface area contributed by atoms with Crippen LogP contribution in [0.1, 0.15) is 6.42 Å². The zero-order valence-electron chi connectivity index (χ0n) is 13.5. The second-order valence-electron chi connectivity index (χ2n) is 5.72. The molecule has 0 saturated carbocycles. The van der Waals surface area contributed by atoms with Crippen molar-refractivity contribution in [3.8, 4) is 5.75 Å². The van der Waals surface area contributed by atoms with Gasteiger partial charge in [0.25, 0.3) is 0 Å². The van der Waals surface area contributed by atoms with Crippen LogP contribution in [0, 0.1) is 5.92 Å². The number of halogens is 2. The van der Waals surface area contributed by atoms with E-state index in [2.05, 4.69) is 5.32 Å². The van der Waals surface area contributed by atoms with Crippen LogP contribution >= 0.6 is 23.2 Å². The van der Waals surface area contributed by atoms with Crippen LogP contribution in [0.4, 0.5) is 11.4 Å². The van der Waals surface area contributed by atoms with Crippen molar-refractivity contribution in [3.63, 3.8) is 0 Å². The van der Waals surface area contributed by atoms with Crippen LogP contribution in [0.15, 0.2) is 42.5 Å². The maximum Gasteiger partial charge on any atom is 0.229 e. The van der Waals surface area contributed by atoms with Crippen molar-refractivity contribution in [2.75, 3.05) is 23.9 Å². The number of anilines is 2. The molecule has 1 aliphatic heterocycles. The molecule has 2 aromatic rings. The number of methoxy groups -OCH3 is 1. The third kappa shape index (κ3) is 3.89. The number of carbonyl (C=O) groups excluding carboxylic acids is 2. The van der Waals surface area contributed by atoms with Gasteiger partial charge in [-0.05, 0) is 30.3 Å². The molecule has 0 spiro atoms. The Kier molecular flexibility index (Phi) is 5.16. The molecule has 25 heavy (non-hydrogen) atoms. The van der Waals surface area contributed by atoms with E-state index in [1.54, 1.807) is 42.3 Å². The lowest BCUT2D eigenvalue weighted by Crippen LogP contribution is -2.28. The Labute approximate surface area is 155 Å². The topological polar surface area (TPSA) is 58.6 Å². The van der Waals surface area contributed by atoms with Crippen molar-refractivity contribution < 1.29 is 14.3 Å². The van der Waals surface area contributed by atoms with Gasteiger partial charge in [-0.25, -0.2) is 0 Å². The van der Waals surface area contributed by atoms with E-state index in [1.807, 2.05) is 12.1 Å². The predicted octanol–water partition coefficient (Wildman–Crippen LogP) is 3.99. The Bertz CT molecular complexity index is 805. The van der Waals surface area contributed by atoms with Gasteiger partial charge in [-0.3, -0.25) is 9.59 Å². The van der Waals surface area contributed by atoms with Crippen molar-refractivity contribution in [1.29, 1.82) is 0 Å². The number of benzene rings is 2. The van der Waals surface area contributed by atoms with Crippen LogP contribution < -0.4 is 15.0 Å². The number of nitrogens with one attached hydrogen (secondary N) is 1. The fourth-order valence-electron chi connectivity index (χ4n) is 2.84. The van der Waals surface area contributed by atoms with Gasteiger partial charge in [0.1, 0.15) is 5.75 Å². The summed E-state index contributed by atoms with van der Waals surface area (Å²) in [5.41, 5.74) is 1.17. The van der Waals surface area contributed by atoms with Gasteiger partial charge in [-0.15, -0.1) is 0 Å². The summed E-state index contributed by atoms with van der Waals surface area (Å²) in [7, 11) is 1.55. The highest BCUT2D eigenvalue weighted by molar-refractivity contribution is 6.35. The van der Waals surface area contributed by atoms with Gasteiger partial charge >= 0.3 is 0 Å². The number of hydrogen-bond donors (Lipinski definition) is 1. The van der Waals surface area contributed by atoms with Crippen molar-refractivity contribution in [1.82, 2.24) is 0 Å². The summed E-state index contributed by atoms with van der Waals surface area (Å²) < 4.78 is 5.30. The van der Waals surface area contributed by atoms with E-state index in [1.165, 1.54) is 0 Å². The maximum atomic E-state index is 12.5. The summed E-state index contributed by atoms with van der Waals surface area (Å²) in [5.74, 6) is -0.230. The Morgan fingerprint density at radius 2 is 1.88 bits per heavy atom. The van der Waals surface area contributed by atoms with Gasteiger partial charge in [0.15, 0.2) is 0 Å². The molecule has 5 nitrogen and oxygen atoms in total. The lowest BCUT2D eigenvalue weighted by molar-refractivity contribution is -0.122. The summed E-state index contributed by atoms with van der Waals surface area (Å²) in [6.45, 7) is 0.291. The summed E-state index contributed by atoms with van der Waals surface area (Å²) in [6, 6.07) is 12.0. The molecular formula is C18H16Cl2N2O3. The Hall–Kier alpha value is -2.24. The molecular weight excluding hydrogens is 363 g/mol. The quantitative estimate of drug-likeness (QED) is 0.874. The summed E-state index contributed by atoms with van der Waals surface area (Å²) in [5, 5.41) is 3.63. The number of hydrogen-bond acceptors (Lipinski definition) is 3. The molecule has 0 aromatic heterocycles. The highest BCUT2D eigenvalue weighted by Gasteiger charge is 2.36. The second kappa shape index (κ2) is 7.33. The first kappa shape index (κ1) is 17.6. The first-order valence-corrected chi connectivity index (χ1v) is 8.44. The molecule has 0 radical (unpaired) electrons. The third-order valence-corrected chi connectivity index (χ3v) is 4.44. The van der Waals surface area contributed by atoms with E-state index in [0.29, 0.717) is 33.7 Å². The Morgan fingerprint density at radius 3 is 2.56 bits per heavy atom. The minimum atomic E-state index is -0.463. The van der Waals surface area contributed by atoms with Gasteiger partial charge in [-0.1, -0.05) is 35.3 Å². The molecule has 0 bridgehead atoms. The minimum absolute atomic E-state index is 0.117. The van der Waals surface area contributed by atoms with E-state index >= 15 is 0 Å². The van der Waals surface area contributed by atoms with Crippen LogP contribution in [-0.4, -0.2) is 25.5 Å². The normalized spacial score (nSPS) is 16.8. The molecule has 2 amide bonds. The van der Waals surface area contributed by atoms with Crippen LogP contribution in [0.2, 0.25) is 10.0 Å². The van der Waals surface area contributed by atoms with Crippen molar-refractivity contribution in [3.05, 3.63) is 52.5 Å². The van der Waals surface area contributed by atoms with E-state index in [-0.39, 0.29) is 18.2 Å². The van der Waals surface area contributed by atoms with E-state index < -0.39 is 5.92 Å². The third-order valence-electron chi connectivity index (χ3n) is 4.00. The maximum absolute atomic E-state index is 12.5. The molecule has 1 atom stereocenters. The van der Waals surface area contributed by atoms with Crippen LogP contribution in [0.5, 0.6) is 5.75 Å². The average Bonchev–Trinajstić information content (AvgIpc) is 2.95. The van der Waals surface area contributed by atoms with Crippen LogP contribution in [0.25, 0.3) is 0 Å². The van der Waals surface area contributed by atoms with Gasteiger partial charge in [-0.2, -0.15) is 0 Å². The van der Waals surface area contributed by atoms with Gasteiger partial charge in [0.2, 0.25) is 11.8 Å². The summed E-state index contributed by atoms with van der Waals surface area (Å²) in [6.07, 6.45) is 0.137. The molecule has 7 heteroatoms. The van der Waals surface area contributed by atoms with Crippen LogP contribution in [0.3, 0.4) is 0 Å². The average molecular weight is 379 g/mol. The fraction of sp³-hybridized carbons (Fsp3) is 0.222. The van der Waals surface area contributed by atoms with Crippen molar-refractivity contribution in [2.24, 2.45) is 5.92 Å². The number of para-hydroxylation sites is 2. The largest absolute Gasteiger partial charge is 0.495 e. The number of ether oxygens (including phenoxy) is 1. The summed E-state index contributed by atoms with van der Waals surface area (Å²) in [4.78, 5) is 26.5. The second-order valence-corrected chi connectivity index (χ2v) is 6.60. The molecule has 3 rings (SSSR count). The molecule has 2 aromatic carbocycles. The smallest absolute Gasteiger partial charge is 0.229 e. The number of rotatable bonds is 4. The van der Waals surface area contributed by atoms with E-state index in [9.17, 15) is 9.59 Å². The lowest BCUT2D eigenvalue weighted by Gasteiger charge is -2.19. The zero-order valence-corrected chi connectivity index (χ0v) is 15.0. The predicted molar refractivity (Wildman–Crippen MR) is 98.5 cm³/mol. The zero-order chi connectivity index (χ0) is 18.0. The van der Waals surface area contributed by atoms with Crippen molar-refractivity contribution >= 4 is 46.4 Å². The van der Waals surface area contributed by atoms with Crippen LogP contribution in [-0.2, 0) is 9.59 Å². The molecule has 1 fully saturated rings. The van der Waals surface area contributed by atoms with Crippen molar-refractivity contribution in [2.45, 2.75) is 6.42 Å². The highest BCUT2D eigenvalue weighted by atomic mass is 35.5. The van der Waals surface area contributed by atoms with Gasteiger partial charge in [0, 0.05) is 28.7 Å². The first-order chi connectivity index (χ1) is 12.0. The fourth-order valence-corrected chi connectivity index (χ4v) is 3.37. The summed E-state index contributed by atoms with van der Waals surface area (Å²) >= 11 is 11.9. The lowest BCUT2D eigenvalue weighted by atomic mass is 10.1. The first-order valence-electron chi connectivity index (χ1n) is 7.68.